The summed E-state index contributed by atoms with van der Waals surface area (Å²) in [6, 6.07) is 5.73. The van der Waals surface area contributed by atoms with Crippen molar-refractivity contribution in [2.45, 2.75) is 37.2 Å². The molecule has 0 spiro atoms. The molecule has 0 unspecified atom stereocenters. The van der Waals surface area contributed by atoms with E-state index >= 15 is 0 Å². The highest BCUT2D eigenvalue weighted by Crippen LogP contribution is 2.19. The Morgan fingerprint density at radius 3 is 2.43 bits per heavy atom. The summed E-state index contributed by atoms with van der Waals surface area (Å²) in [5.41, 5.74) is 0.104. The quantitative estimate of drug-likeness (QED) is 0.679. The van der Waals surface area contributed by atoms with Gasteiger partial charge in [-0.3, -0.25) is 4.79 Å². The molecule has 2 saturated heterocycles. The summed E-state index contributed by atoms with van der Waals surface area (Å²) in [6.07, 6.45) is 2.09. The van der Waals surface area contributed by atoms with Crippen molar-refractivity contribution in [1.82, 2.24) is 9.21 Å². The molecule has 1 aromatic rings. The van der Waals surface area contributed by atoms with Crippen molar-refractivity contribution in [2.75, 3.05) is 39.4 Å². The topological polar surface area (TPSA) is 93.2 Å². The fourth-order valence-electron chi connectivity index (χ4n) is 3.37. The fraction of sp³-hybridized carbons (Fsp3) is 0.579. The highest BCUT2D eigenvalue weighted by Gasteiger charge is 2.28. The van der Waals surface area contributed by atoms with Crippen LogP contribution in [0.1, 0.15) is 36.5 Å². The van der Waals surface area contributed by atoms with E-state index in [1.54, 1.807) is 11.8 Å². The summed E-state index contributed by atoms with van der Waals surface area (Å²) in [5.74, 6) is -0.929. The van der Waals surface area contributed by atoms with Gasteiger partial charge in [-0.15, -0.1) is 0 Å². The molecule has 9 heteroatoms. The van der Waals surface area contributed by atoms with Gasteiger partial charge >= 0.3 is 5.97 Å². The second kappa shape index (κ2) is 9.02. The van der Waals surface area contributed by atoms with Crippen LogP contribution in [0.4, 0.5) is 0 Å². The normalized spacial score (nSPS) is 19.8. The van der Waals surface area contributed by atoms with Crippen LogP contribution in [0.25, 0.3) is 0 Å². The average Bonchev–Trinajstić information content (AvgIpc) is 2.74. The van der Waals surface area contributed by atoms with Gasteiger partial charge in [0.2, 0.25) is 10.0 Å². The van der Waals surface area contributed by atoms with Gasteiger partial charge in [-0.2, -0.15) is 4.31 Å². The van der Waals surface area contributed by atoms with Gasteiger partial charge in [-0.1, -0.05) is 6.07 Å². The van der Waals surface area contributed by atoms with Gasteiger partial charge in [0.05, 0.1) is 23.7 Å². The van der Waals surface area contributed by atoms with E-state index in [4.69, 9.17) is 9.47 Å². The number of nitrogens with zero attached hydrogens (tertiary/aromatic N) is 2. The number of carbonyl (C=O) groups excluding carboxylic acids is 2. The minimum Gasteiger partial charge on any atom is -0.449 e. The van der Waals surface area contributed by atoms with Crippen molar-refractivity contribution in [3.05, 3.63) is 29.8 Å². The number of benzene rings is 1. The number of likely N-dealkylation sites (tertiary alicyclic amines) is 1. The van der Waals surface area contributed by atoms with Crippen molar-refractivity contribution in [1.29, 1.82) is 0 Å². The predicted octanol–water partition coefficient (Wildman–Crippen LogP) is 1.27. The van der Waals surface area contributed by atoms with Gasteiger partial charge in [0.15, 0.2) is 6.10 Å². The van der Waals surface area contributed by atoms with Crippen molar-refractivity contribution in [3.8, 4) is 0 Å². The van der Waals surface area contributed by atoms with E-state index in [2.05, 4.69) is 0 Å². The zero-order chi connectivity index (χ0) is 20.1. The van der Waals surface area contributed by atoms with Crippen LogP contribution in [0.5, 0.6) is 0 Å². The second-order valence-electron chi connectivity index (χ2n) is 6.98. The molecule has 0 aliphatic carbocycles. The number of amides is 1. The Labute approximate surface area is 165 Å². The maximum Gasteiger partial charge on any atom is 0.338 e. The molecule has 0 aromatic heterocycles. The molecule has 0 saturated carbocycles. The first kappa shape index (κ1) is 20.8. The van der Waals surface area contributed by atoms with E-state index in [9.17, 15) is 18.0 Å². The third-order valence-corrected chi connectivity index (χ3v) is 6.87. The number of piperidine rings is 1. The van der Waals surface area contributed by atoms with Crippen LogP contribution in [-0.4, -0.2) is 75.0 Å². The number of hydrogen-bond acceptors (Lipinski definition) is 6. The number of ether oxygens (including phenoxy) is 2. The lowest BCUT2D eigenvalue weighted by Crippen LogP contribution is -2.42. The number of carbonyl (C=O) groups is 2. The van der Waals surface area contributed by atoms with Crippen LogP contribution in [0.2, 0.25) is 0 Å². The molecule has 2 aliphatic heterocycles. The SMILES string of the molecule is C[C@@H](OC(=O)c1cccc(S(=O)(=O)N2CCOCC2)c1)C(=O)N1CCCCC1. The van der Waals surface area contributed by atoms with Gasteiger partial charge < -0.3 is 14.4 Å². The highest BCUT2D eigenvalue weighted by atomic mass is 32.2. The van der Waals surface area contributed by atoms with Gasteiger partial charge in [0.25, 0.3) is 5.91 Å². The first-order valence-corrected chi connectivity index (χ1v) is 11.0. The van der Waals surface area contributed by atoms with E-state index < -0.39 is 22.1 Å². The smallest absolute Gasteiger partial charge is 0.338 e. The second-order valence-corrected chi connectivity index (χ2v) is 8.92. The van der Waals surface area contributed by atoms with Crippen LogP contribution in [0.15, 0.2) is 29.2 Å². The van der Waals surface area contributed by atoms with E-state index in [1.807, 2.05) is 0 Å². The Morgan fingerprint density at radius 2 is 1.75 bits per heavy atom. The highest BCUT2D eigenvalue weighted by molar-refractivity contribution is 7.89. The van der Waals surface area contributed by atoms with Crippen molar-refractivity contribution in [3.63, 3.8) is 0 Å². The summed E-state index contributed by atoms with van der Waals surface area (Å²) in [6.45, 7) is 4.14. The Morgan fingerprint density at radius 1 is 1.07 bits per heavy atom. The molecular formula is C19H26N2O6S. The Bertz CT molecular complexity index is 813. The fourth-order valence-corrected chi connectivity index (χ4v) is 4.82. The summed E-state index contributed by atoms with van der Waals surface area (Å²) in [7, 11) is -3.71. The average molecular weight is 410 g/mol. The van der Waals surface area contributed by atoms with Crippen molar-refractivity contribution in [2.24, 2.45) is 0 Å². The van der Waals surface area contributed by atoms with Crippen molar-refractivity contribution >= 4 is 21.9 Å². The van der Waals surface area contributed by atoms with Gasteiger partial charge in [0.1, 0.15) is 0 Å². The molecule has 1 atom stereocenters. The molecular weight excluding hydrogens is 384 g/mol. The first-order valence-electron chi connectivity index (χ1n) is 9.57. The lowest BCUT2D eigenvalue weighted by atomic mass is 10.1. The Hall–Kier alpha value is -1.97. The van der Waals surface area contributed by atoms with Crippen LogP contribution in [0, 0.1) is 0 Å². The maximum absolute atomic E-state index is 12.8. The summed E-state index contributed by atoms with van der Waals surface area (Å²) in [4.78, 5) is 26.6. The molecule has 2 aliphatic rings. The standard InChI is InChI=1S/C19H26N2O6S/c1-15(18(22)20-8-3-2-4-9-20)27-19(23)16-6-5-7-17(14-16)28(24,25)21-10-12-26-13-11-21/h5-7,14-15H,2-4,8-13H2,1H3/t15-/m1/s1. The first-order chi connectivity index (χ1) is 13.4. The number of hydrogen-bond donors (Lipinski definition) is 0. The maximum atomic E-state index is 12.8. The van der Waals surface area contributed by atoms with E-state index in [1.165, 1.54) is 28.6 Å². The summed E-state index contributed by atoms with van der Waals surface area (Å²) >= 11 is 0. The van der Waals surface area contributed by atoms with Crippen LogP contribution in [-0.2, 0) is 24.3 Å². The molecule has 2 fully saturated rings. The van der Waals surface area contributed by atoms with E-state index in [0.717, 1.165) is 19.3 Å². The zero-order valence-corrected chi connectivity index (χ0v) is 16.8. The number of morpholine rings is 1. The minimum absolute atomic E-state index is 0.0267. The minimum atomic E-state index is -3.71. The predicted molar refractivity (Wildman–Crippen MR) is 101 cm³/mol. The number of sulfonamides is 1. The molecule has 1 amide bonds. The zero-order valence-electron chi connectivity index (χ0n) is 16.0. The summed E-state index contributed by atoms with van der Waals surface area (Å²) < 4.78 is 37.3. The molecule has 0 radical (unpaired) electrons. The summed E-state index contributed by atoms with van der Waals surface area (Å²) in [5, 5.41) is 0. The molecule has 2 heterocycles. The lowest BCUT2D eigenvalue weighted by Gasteiger charge is -2.29. The third-order valence-electron chi connectivity index (χ3n) is 4.98. The monoisotopic (exact) mass is 410 g/mol. The molecule has 0 N–H and O–H groups in total. The van der Waals surface area contributed by atoms with Crippen LogP contribution >= 0.6 is 0 Å². The van der Waals surface area contributed by atoms with Gasteiger partial charge in [0, 0.05) is 26.2 Å². The molecule has 3 rings (SSSR count). The number of esters is 1. The lowest BCUT2D eigenvalue weighted by molar-refractivity contribution is -0.140. The molecule has 28 heavy (non-hydrogen) atoms. The Kier molecular flexibility index (Phi) is 6.69. The van der Waals surface area contributed by atoms with Gasteiger partial charge in [-0.05, 0) is 44.4 Å². The van der Waals surface area contributed by atoms with E-state index in [0.29, 0.717) is 26.3 Å². The molecule has 1 aromatic carbocycles. The molecule has 154 valence electrons. The van der Waals surface area contributed by atoms with Crippen LogP contribution in [0.3, 0.4) is 0 Å². The van der Waals surface area contributed by atoms with Crippen molar-refractivity contribution < 1.29 is 27.5 Å². The molecule has 8 nitrogen and oxygen atoms in total. The largest absolute Gasteiger partial charge is 0.449 e. The molecule has 0 bridgehead atoms. The van der Waals surface area contributed by atoms with Crippen LogP contribution < -0.4 is 0 Å². The van der Waals surface area contributed by atoms with Gasteiger partial charge in [-0.25, -0.2) is 13.2 Å². The third kappa shape index (κ3) is 4.71. The van der Waals surface area contributed by atoms with E-state index in [-0.39, 0.29) is 29.5 Å². The Balaban J connectivity index is 1.68. The number of rotatable bonds is 5.